The van der Waals surface area contributed by atoms with Gasteiger partial charge in [0.25, 0.3) is 0 Å². The molecule has 1 saturated heterocycles. The van der Waals surface area contributed by atoms with Crippen molar-refractivity contribution in [2.24, 2.45) is 0 Å². The maximum absolute atomic E-state index is 10.1. The minimum atomic E-state index is 0.447. The van der Waals surface area contributed by atoms with Gasteiger partial charge in [0, 0.05) is 37.3 Å². The molecule has 104 valence electrons. The van der Waals surface area contributed by atoms with Crippen molar-refractivity contribution in [1.82, 2.24) is 10.2 Å². The van der Waals surface area contributed by atoms with Crippen molar-refractivity contribution in [1.29, 1.82) is 0 Å². The number of rotatable bonds is 3. The molecule has 1 aliphatic heterocycles. The molecule has 0 bridgehead atoms. The van der Waals surface area contributed by atoms with Gasteiger partial charge in [0.1, 0.15) is 5.75 Å². The summed E-state index contributed by atoms with van der Waals surface area (Å²) in [6.45, 7) is 7.42. The SMILES string of the molecule is C[C@@H]1CN(Cc2cc(C3CC3)ccc2O)C[C@H](C)N1. The van der Waals surface area contributed by atoms with Crippen LogP contribution >= 0.6 is 0 Å². The molecule has 2 aliphatic rings. The average Bonchev–Trinajstić information content (AvgIpc) is 3.14. The maximum atomic E-state index is 10.1. The second-order valence-corrected chi connectivity index (χ2v) is 6.33. The fraction of sp³-hybridized carbons (Fsp3) is 0.625. The highest BCUT2D eigenvalue weighted by atomic mass is 16.3. The largest absolute Gasteiger partial charge is 0.508 e. The van der Waals surface area contributed by atoms with Gasteiger partial charge in [0.15, 0.2) is 0 Å². The van der Waals surface area contributed by atoms with Crippen LogP contribution in [0, 0.1) is 0 Å². The Labute approximate surface area is 115 Å². The summed E-state index contributed by atoms with van der Waals surface area (Å²) in [6.07, 6.45) is 2.62. The van der Waals surface area contributed by atoms with E-state index in [-0.39, 0.29) is 0 Å². The van der Waals surface area contributed by atoms with Crippen LogP contribution in [0.3, 0.4) is 0 Å². The molecule has 19 heavy (non-hydrogen) atoms. The van der Waals surface area contributed by atoms with Gasteiger partial charge in [-0.1, -0.05) is 12.1 Å². The lowest BCUT2D eigenvalue weighted by Crippen LogP contribution is -2.53. The van der Waals surface area contributed by atoms with E-state index in [0.717, 1.165) is 31.1 Å². The molecule has 1 aromatic rings. The molecule has 2 fully saturated rings. The van der Waals surface area contributed by atoms with Gasteiger partial charge in [-0.25, -0.2) is 0 Å². The lowest BCUT2D eigenvalue weighted by molar-refractivity contribution is 0.165. The number of piperazine rings is 1. The van der Waals surface area contributed by atoms with Crippen LogP contribution in [0.15, 0.2) is 18.2 Å². The molecule has 3 heteroatoms. The summed E-state index contributed by atoms with van der Waals surface area (Å²) in [4.78, 5) is 2.44. The lowest BCUT2D eigenvalue weighted by atomic mass is 10.0. The van der Waals surface area contributed by atoms with Crippen molar-refractivity contribution in [2.75, 3.05) is 13.1 Å². The zero-order chi connectivity index (χ0) is 13.4. The molecule has 0 radical (unpaired) electrons. The number of aromatic hydroxyl groups is 1. The fourth-order valence-electron chi connectivity index (χ4n) is 3.21. The topological polar surface area (TPSA) is 35.5 Å². The normalized spacial score (nSPS) is 28.5. The van der Waals surface area contributed by atoms with Gasteiger partial charge < -0.3 is 10.4 Å². The van der Waals surface area contributed by atoms with Crippen LogP contribution in [0.4, 0.5) is 0 Å². The van der Waals surface area contributed by atoms with Gasteiger partial charge in [0.05, 0.1) is 0 Å². The molecule has 1 aromatic carbocycles. The quantitative estimate of drug-likeness (QED) is 0.876. The summed E-state index contributed by atoms with van der Waals surface area (Å²) >= 11 is 0. The summed E-state index contributed by atoms with van der Waals surface area (Å²) in [5, 5.41) is 13.6. The van der Waals surface area contributed by atoms with E-state index in [1.54, 1.807) is 0 Å². The maximum Gasteiger partial charge on any atom is 0.120 e. The van der Waals surface area contributed by atoms with Crippen molar-refractivity contribution in [3.05, 3.63) is 29.3 Å². The van der Waals surface area contributed by atoms with Crippen LogP contribution in [-0.2, 0) is 6.54 Å². The monoisotopic (exact) mass is 260 g/mol. The Morgan fingerprint density at radius 3 is 2.53 bits per heavy atom. The minimum Gasteiger partial charge on any atom is -0.508 e. The van der Waals surface area contributed by atoms with Crippen molar-refractivity contribution < 1.29 is 5.11 Å². The van der Waals surface area contributed by atoms with Crippen LogP contribution in [0.5, 0.6) is 5.75 Å². The first-order chi connectivity index (χ1) is 9.11. The molecule has 1 aliphatic carbocycles. The first-order valence-electron chi connectivity index (χ1n) is 7.42. The molecule has 0 unspecified atom stereocenters. The van der Waals surface area contributed by atoms with E-state index < -0.39 is 0 Å². The number of nitrogens with one attached hydrogen (secondary N) is 1. The van der Waals surface area contributed by atoms with Gasteiger partial charge in [-0.15, -0.1) is 0 Å². The standard InChI is InChI=1S/C16H24N2O/c1-11-8-18(9-12(2)17-11)10-15-7-14(13-3-4-13)5-6-16(15)19/h5-7,11-13,17,19H,3-4,8-10H2,1-2H3/t11-,12+. The molecule has 0 spiro atoms. The first kappa shape index (κ1) is 12.9. The first-order valence-corrected chi connectivity index (χ1v) is 7.42. The van der Waals surface area contributed by atoms with E-state index in [1.807, 2.05) is 6.07 Å². The van der Waals surface area contributed by atoms with Crippen molar-refractivity contribution >= 4 is 0 Å². The summed E-state index contributed by atoms with van der Waals surface area (Å²) in [6, 6.07) is 7.22. The van der Waals surface area contributed by atoms with E-state index in [0.29, 0.717) is 17.8 Å². The lowest BCUT2D eigenvalue weighted by Gasteiger charge is -2.36. The number of nitrogens with zero attached hydrogens (tertiary/aromatic N) is 1. The second-order valence-electron chi connectivity index (χ2n) is 6.33. The molecule has 3 rings (SSSR count). The van der Waals surface area contributed by atoms with E-state index in [1.165, 1.54) is 18.4 Å². The Kier molecular flexibility index (Phi) is 3.50. The Morgan fingerprint density at radius 2 is 1.89 bits per heavy atom. The van der Waals surface area contributed by atoms with Gasteiger partial charge in [-0.2, -0.15) is 0 Å². The Hall–Kier alpha value is -1.06. The van der Waals surface area contributed by atoms with Crippen molar-refractivity contribution in [3.8, 4) is 5.75 Å². The Bertz CT molecular complexity index is 446. The van der Waals surface area contributed by atoms with E-state index in [9.17, 15) is 5.11 Å². The highest BCUT2D eigenvalue weighted by Crippen LogP contribution is 2.41. The smallest absolute Gasteiger partial charge is 0.120 e. The third kappa shape index (κ3) is 3.10. The molecule has 1 saturated carbocycles. The summed E-state index contributed by atoms with van der Waals surface area (Å²) in [7, 11) is 0. The van der Waals surface area contributed by atoms with Gasteiger partial charge in [0.2, 0.25) is 0 Å². The zero-order valence-corrected chi connectivity index (χ0v) is 11.9. The minimum absolute atomic E-state index is 0.447. The number of benzene rings is 1. The van der Waals surface area contributed by atoms with E-state index in [4.69, 9.17) is 0 Å². The van der Waals surface area contributed by atoms with Gasteiger partial charge in [-0.3, -0.25) is 4.90 Å². The molecule has 2 atom stereocenters. The zero-order valence-electron chi connectivity index (χ0n) is 11.9. The van der Waals surface area contributed by atoms with Crippen LogP contribution in [0.25, 0.3) is 0 Å². The molecule has 0 aromatic heterocycles. The average molecular weight is 260 g/mol. The number of hydrogen-bond donors (Lipinski definition) is 2. The number of phenolic OH excluding ortho intramolecular Hbond substituents is 1. The van der Waals surface area contributed by atoms with Crippen molar-refractivity contribution in [2.45, 2.75) is 51.2 Å². The summed E-state index contributed by atoms with van der Waals surface area (Å²) < 4.78 is 0. The molecule has 1 heterocycles. The molecule has 2 N–H and O–H groups in total. The number of hydrogen-bond acceptors (Lipinski definition) is 3. The van der Waals surface area contributed by atoms with Crippen LogP contribution in [-0.4, -0.2) is 35.2 Å². The van der Waals surface area contributed by atoms with Crippen molar-refractivity contribution in [3.63, 3.8) is 0 Å². The molecular weight excluding hydrogens is 236 g/mol. The molecule has 0 amide bonds. The highest BCUT2D eigenvalue weighted by molar-refractivity contribution is 5.38. The number of phenols is 1. The van der Waals surface area contributed by atoms with Gasteiger partial charge in [-0.05, 0) is 44.2 Å². The highest BCUT2D eigenvalue weighted by Gasteiger charge is 2.25. The third-order valence-electron chi connectivity index (χ3n) is 4.18. The van der Waals surface area contributed by atoms with E-state index >= 15 is 0 Å². The van der Waals surface area contributed by atoms with Crippen LogP contribution in [0.1, 0.15) is 43.7 Å². The fourth-order valence-corrected chi connectivity index (χ4v) is 3.21. The Morgan fingerprint density at radius 1 is 1.21 bits per heavy atom. The van der Waals surface area contributed by atoms with E-state index in [2.05, 4.69) is 36.2 Å². The predicted octanol–water partition coefficient (Wildman–Crippen LogP) is 2.45. The Balaban J connectivity index is 1.72. The predicted molar refractivity (Wildman–Crippen MR) is 77.4 cm³/mol. The molecular formula is C16H24N2O. The second kappa shape index (κ2) is 5.14. The molecule has 3 nitrogen and oxygen atoms in total. The van der Waals surface area contributed by atoms with Gasteiger partial charge >= 0.3 is 0 Å². The van der Waals surface area contributed by atoms with Crippen LogP contribution in [0.2, 0.25) is 0 Å². The summed E-state index contributed by atoms with van der Waals surface area (Å²) in [5.74, 6) is 1.20. The summed E-state index contributed by atoms with van der Waals surface area (Å²) in [5.41, 5.74) is 2.50. The van der Waals surface area contributed by atoms with Crippen LogP contribution < -0.4 is 5.32 Å². The third-order valence-corrected chi connectivity index (χ3v) is 4.18.